The minimum Gasteiger partial charge on any atom is -0.326 e. The zero-order valence-corrected chi connectivity index (χ0v) is 12.7. The average Bonchev–Trinajstić information content (AvgIpc) is 2.60. The highest BCUT2D eigenvalue weighted by molar-refractivity contribution is 5.93. The van der Waals surface area contributed by atoms with Crippen LogP contribution in [0.15, 0.2) is 42.5 Å². The quantitative estimate of drug-likeness (QED) is 0.589. The van der Waals surface area contributed by atoms with Crippen molar-refractivity contribution in [1.29, 1.82) is 0 Å². The molecule has 3 rings (SSSR count). The van der Waals surface area contributed by atoms with Gasteiger partial charge in [-0.3, -0.25) is 10.1 Å². The zero-order chi connectivity index (χ0) is 16.4. The number of hydrogen-bond acceptors (Lipinski definition) is 5. The minimum absolute atomic E-state index is 0.0259. The summed E-state index contributed by atoms with van der Waals surface area (Å²) in [5.41, 5.74) is 8.87. The fraction of sp³-hybridized carbons (Fsp3) is 0.176. The smallest absolute Gasteiger partial charge is 0.270 e. The predicted molar refractivity (Wildman–Crippen MR) is 88.9 cm³/mol. The van der Waals surface area contributed by atoms with Gasteiger partial charge in [0.1, 0.15) is 5.82 Å². The second kappa shape index (κ2) is 6.10. The van der Waals surface area contributed by atoms with Crippen LogP contribution in [0.4, 0.5) is 5.69 Å². The normalized spacial score (nSPS) is 10.9. The van der Waals surface area contributed by atoms with Gasteiger partial charge in [0.2, 0.25) is 0 Å². The molecule has 3 aromatic rings. The molecule has 0 radical (unpaired) electrons. The van der Waals surface area contributed by atoms with Crippen LogP contribution >= 0.6 is 0 Å². The molecular weight excluding hydrogens is 292 g/mol. The Balaban J connectivity index is 2.35. The van der Waals surface area contributed by atoms with Gasteiger partial charge >= 0.3 is 0 Å². The molecule has 0 saturated heterocycles. The van der Waals surface area contributed by atoms with Crippen LogP contribution in [0.1, 0.15) is 18.3 Å². The molecule has 0 bridgehead atoms. The summed E-state index contributed by atoms with van der Waals surface area (Å²) < 4.78 is 0. The number of aromatic nitrogens is 2. The van der Waals surface area contributed by atoms with Crippen LogP contribution in [0.3, 0.4) is 0 Å². The van der Waals surface area contributed by atoms with Crippen LogP contribution in [-0.4, -0.2) is 14.9 Å². The summed E-state index contributed by atoms with van der Waals surface area (Å²) in [4.78, 5) is 19.8. The molecule has 0 fully saturated rings. The molecular formula is C17H16N4O2. The molecule has 0 saturated carbocycles. The first-order valence-electron chi connectivity index (χ1n) is 7.37. The van der Waals surface area contributed by atoms with E-state index in [0.717, 1.165) is 16.5 Å². The Labute approximate surface area is 133 Å². The number of non-ortho nitro benzene ring substituents is 1. The van der Waals surface area contributed by atoms with Crippen LogP contribution in [0.5, 0.6) is 0 Å². The lowest BCUT2D eigenvalue weighted by Crippen LogP contribution is -2.03. The Kier molecular flexibility index (Phi) is 3.99. The van der Waals surface area contributed by atoms with Crippen molar-refractivity contribution in [3.05, 3.63) is 64.0 Å². The van der Waals surface area contributed by atoms with Crippen molar-refractivity contribution in [2.75, 3.05) is 0 Å². The molecule has 6 nitrogen and oxygen atoms in total. The molecule has 1 heterocycles. The zero-order valence-electron chi connectivity index (χ0n) is 12.7. The summed E-state index contributed by atoms with van der Waals surface area (Å²) in [6.45, 7) is 2.26. The molecule has 0 amide bonds. The summed E-state index contributed by atoms with van der Waals surface area (Å²) in [5.74, 6) is 0.702. The Bertz CT molecular complexity index is 893. The molecule has 23 heavy (non-hydrogen) atoms. The number of nitrogens with two attached hydrogens (primary N) is 1. The van der Waals surface area contributed by atoms with Gasteiger partial charge in [-0.2, -0.15) is 0 Å². The van der Waals surface area contributed by atoms with E-state index in [1.165, 1.54) is 12.1 Å². The van der Waals surface area contributed by atoms with E-state index in [9.17, 15) is 10.1 Å². The fourth-order valence-corrected chi connectivity index (χ4v) is 2.56. The summed E-state index contributed by atoms with van der Waals surface area (Å²) in [5, 5.41) is 12.0. The molecule has 0 unspecified atom stereocenters. The lowest BCUT2D eigenvalue weighted by Gasteiger charge is -2.11. The van der Waals surface area contributed by atoms with Crippen molar-refractivity contribution >= 4 is 16.6 Å². The van der Waals surface area contributed by atoms with Crippen molar-refractivity contribution in [3.63, 3.8) is 0 Å². The monoisotopic (exact) mass is 308 g/mol. The lowest BCUT2D eigenvalue weighted by molar-refractivity contribution is -0.384. The highest BCUT2D eigenvalue weighted by Crippen LogP contribution is 2.31. The third kappa shape index (κ3) is 2.76. The van der Waals surface area contributed by atoms with E-state index in [2.05, 4.69) is 9.97 Å². The topological polar surface area (TPSA) is 94.9 Å². The highest BCUT2D eigenvalue weighted by Gasteiger charge is 2.16. The Morgan fingerprint density at radius 3 is 2.65 bits per heavy atom. The number of nitrogens with zero attached hydrogens (tertiary/aromatic N) is 3. The second-order valence-electron chi connectivity index (χ2n) is 5.16. The van der Waals surface area contributed by atoms with Gasteiger partial charge in [0.15, 0.2) is 0 Å². The minimum atomic E-state index is -0.409. The Morgan fingerprint density at radius 2 is 1.96 bits per heavy atom. The average molecular weight is 308 g/mol. The van der Waals surface area contributed by atoms with Gasteiger partial charge in [-0.05, 0) is 11.6 Å². The fourth-order valence-electron chi connectivity index (χ4n) is 2.56. The maximum atomic E-state index is 11.1. The summed E-state index contributed by atoms with van der Waals surface area (Å²) >= 11 is 0. The number of rotatable bonds is 4. The standard InChI is InChI=1S/C17H16N4O2/c1-2-16-19-15-6-4-3-5-13(15)17(20-16)14-9-12(21(22)23)8-7-11(14)10-18/h3-9H,2,10,18H2,1H3. The first kappa shape index (κ1) is 15.1. The summed E-state index contributed by atoms with van der Waals surface area (Å²) in [7, 11) is 0. The highest BCUT2D eigenvalue weighted by atomic mass is 16.6. The first-order valence-corrected chi connectivity index (χ1v) is 7.37. The number of fused-ring (bicyclic) bond motifs is 1. The molecule has 0 aliphatic rings. The van der Waals surface area contributed by atoms with Crippen molar-refractivity contribution < 1.29 is 4.92 Å². The van der Waals surface area contributed by atoms with Gasteiger partial charge in [0.05, 0.1) is 16.1 Å². The lowest BCUT2D eigenvalue weighted by atomic mass is 10.00. The molecule has 0 aliphatic carbocycles. The van der Waals surface area contributed by atoms with Crippen molar-refractivity contribution in [2.45, 2.75) is 19.9 Å². The van der Waals surface area contributed by atoms with Gasteiger partial charge in [0.25, 0.3) is 5.69 Å². The van der Waals surface area contributed by atoms with Crippen LogP contribution in [0, 0.1) is 10.1 Å². The molecule has 6 heteroatoms. The van der Waals surface area contributed by atoms with E-state index < -0.39 is 4.92 Å². The maximum absolute atomic E-state index is 11.1. The number of nitro benzene ring substituents is 1. The van der Waals surface area contributed by atoms with Gasteiger partial charge in [0, 0.05) is 36.0 Å². The number of benzene rings is 2. The Hall–Kier alpha value is -2.86. The van der Waals surface area contributed by atoms with Crippen molar-refractivity contribution in [3.8, 4) is 11.3 Å². The molecule has 116 valence electrons. The van der Waals surface area contributed by atoms with E-state index in [1.807, 2.05) is 31.2 Å². The molecule has 0 spiro atoms. The molecule has 2 N–H and O–H groups in total. The Morgan fingerprint density at radius 1 is 1.17 bits per heavy atom. The van der Waals surface area contributed by atoms with E-state index in [-0.39, 0.29) is 12.2 Å². The van der Waals surface area contributed by atoms with E-state index >= 15 is 0 Å². The van der Waals surface area contributed by atoms with E-state index in [0.29, 0.717) is 23.5 Å². The van der Waals surface area contributed by atoms with Gasteiger partial charge < -0.3 is 5.73 Å². The summed E-state index contributed by atoms with van der Waals surface area (Å²) in [6.07, 6.45) is 0.685. The largest absolute Gasteiger partial charge is 0.326 e. The molecule has 2 aromatic carbocycles. The van der Waals surface area contributed by atoms with Crippen molar-refractivity contribution in [1.82, 2.24) is 9.97 Å². The summed E-state index contributed by atoms with van der Waals surface area (Å²) in [6, 6.07) is 12.3. The van der Waals surface area contributed by atoms with E-state index in [1.54, 1.807) is 6.07 Å². The molecule has 0 aliphatic heterocycles. The third-order valence-corrected chi connectivity index (χ3v) is 3.75. The van der Waals surface area contributed by atoms with Crippen LogP contribution in [0.25, 0.3) is 22.2 Å². The van der Waals surface area contributed by atoms with Gasteiger partial charge in [-0.1, -0.05) is 31.2 Å². The maximum Gasteiger partial charge on any atom is 0.270 e. The van der Waals surface area contributed by atoms with Gasteiger partial charge in [-0.15, -0.1) is 0 Å². The molecule has 0 atom stereocenters. The van der Waals surface area contributed by atoms with Crippen LogP contribution in [0.2, 0.25) is 0 Å². The third-order valence-electron chi connectivity index (χ3n) is 3.75. The SMILES string of the molecule is CCc1nc(-c2cc([N+](=O)[O-])ccc2CN)c2ccccc2n1. The molecule has 1 aromatic heterocycles. The number of nitro groups is 1. The predicted octanol–water partition coefficient (Wildman–Crippen LogP) is 3.23. The number of aryl methyl sites for hydroxylation is 1. The first-order chi connectivity index (χ1) is 11.1. The second-order valence-corrected chi connectivity index (χ2v) is 5.16. The van der Waals surface area contributed by atoms with Crippen LogP contribution in [-0.2, 0) is 13.0 Å². The van der Waals surface area contributed by atoms with E-state index in [4.69, 9.17) is 5.73 Å². The van der Waals surface area contributed by atoms with Crippen LogP contribution < -0.4 is 5.73 Å². The van der Waals surface area contributed by atoms with Gasteiger partial charge in [-0.25, -0.2) is 9.97 Å². The number of para-hydroxylation sites is 1. The number of hydrogen-bond donors (Lipinski definition) is 1. The van der Waals surface area contributed by atoms with Crippen molar-refractivity contribution in [2.24, 2.45) is 5.73 Å².